The molecule has 2 unspecified atom stereocenters. The Morgan fingerprint density at radius 1 is 0.581 bits per heavy atom. The molecule has 0 radical (unpaired) electrons. The maximum absolute atomic E-state index is 2.42. The molecule has 4 aliphatic rings. The van der Waals surface area contributed by atoms with E-state index < -0.39 is 0 Å². The lowest BCUT2D eigenvalue weighted by molar-refractivity contribution is 0.925. The van der Waals surface area contributed by atoms with E-state index >= 15 is 0 Å². The van der Waals surface area contributed by atoms with Crippen LogP contribution in [0.25, 0.3) is 0 Å². The Labute approximate surface area is 233 Å². The molecule has 0 aromatic heterocycles. The van der Waals surface area contributed by atoms with Crippen LogP contribution in [0.4, 0.5) is 0 Å². The van der Waals surface area contributed by atoms with Gasteiger partial charge in [-0.05, 0) is 5.75 Å². The summed E-state index contributed by atoms with van der Waals surface area (Å²) in [6.45, 7) is 2.38. The topological polar surface area (TPSA) is 0 Å². The van der Waals surface area contributed by atoms with Crippen molar-refractivity contribution >= 4 is 118 Å². The minimum Gasteiger partial charge on any atom is -0.160 e. The minimum absolute atomic E-state index is 0.832. The summed E-state index contributed by atoms with van der Waals surface area (Å²) in [4.78, 5) is 0. The van der Waals surface area contributed by atoms with E-state index in [1.165, 1.54) is 74.8 Å². The normalized spacial score (nSPS) is 25.0. The van der Waals surface area contributed by atoms with Crippen molar-refractivity contribution in [3.8, 4) is 0 Å². The van der Waals surface area contributed by atoms with Crippen LogP contribution in [0, 0.1) is 0 Å². The molecule has 0 saturated carbocycles. The number of rotatable bonds is 17. The second-order valence-electron chi connectivity index (χ2n) is 8.26. The molecule has 0 aromatic rings. The summed E-state index contributed by atoms with van der Waals surface area (Å²) in [6, 6.07) is 0. The lowest BCUT2D eigenvalue weighted by Gasteiger charge is -2.35. The number of hydrogen-bond acceptors (Lipinski definition) is 10. The van der Waals surface area contributed by atoms with Crippen LogP contribution >= 0.6 is 118 Å². The van der Waals surface area contributed by atoms with Gasteiger partial charge in [-0.15, -0.1) is 0 Å². The third-order valence-electron chi connectivity index (χ3n) is 5.62. The summed E-state index contributed by atoms with van der Waals surface area (Å²) >= 11 is 22.5. The van der Waals surface area contributed by atoms with Gasteiger partial charge in [-0.25, -0.2) is 0 Å². The first-order chi connectivity index (χ1) is 15.3. The molecule has 0 N–H and O–H groups in total. The smallest absolute Gasteiger partial charge is 0.0268 e. The third kappa shape index (κ3) is 9.71. The minimum atomic E-state index is 0.832. The van der Waals surface area contributed by atoms with Gasteiger partial charge in [0.05, 0.1) is 0 Å². The van der Waals surface area contributed by atoms with E-state index in [1.807, 2.05) is 0 Å². The monoisotopic (exact) mass is 608 g/mol. The summed E-state index contributed by atoms with van der Waals surface area (Å²) in [5, 5.41) is 6.30. The van der Waals surface area contributed by atoms with Crippen LogP contribution in [-0.4, -0.2) is 112 Å². The molecule has 0 aromatic carbocycles. The molecule has 4 rings (SSSR count). The van der Waals surface area contributed by atoms with Gasteiger partial charge in [-0.1, -0.05) is 6.92 Å². The summed E-state index contributed by atoms with van der Waals surface area (Å²) in [5.41, 5.74) is 0. The van der Waals surface area contributed by atoms with Gasteiger partial charge < -0.3 is 0 Å². The molecular weight excluding hydrogens is 573 g/mol. The van der Waals surface area contributed by atoms with Crippen molar-refractivity contribution in [2.45, 2.75) is 43.7 Å². The summed E-state index contributed by atoms with van der Waals surface area (Å²) in [5.74, 6) is 18.0. The summed E-state index contributed by atoms with van der Waals surface area (Å²) in [6.07, 6.45) is 0. The molecule has 10 heteroatoms. The first-order valence-electron chi connectivity index (χ1n) is 11.3. The molecule has 180 valence electrons. The van der Waals surface area contributed by atoms with Crippen molar-refractivity contribution in [3.63, 3.8) is 0 Å². The highest BCUT2D eigenvalue weighted by molar-refractivity contribution is 8.11. The van der Waals surface area contributed by atoms with Crippen molar-refractivity contribution in [3.05, 3.63) is 0 Å². The van der Waals surface area contributed by atoms with Crippen LogP contribution in [0.15, 0.2) is 0 Å². The van der Waals surface area contributed by atoms with Gasteiger partial charge in [-0.2, -0.15) is 118 Å². The fourth-order valence-electron chi connectivity index (χ4n) is 3.27. The van der Waals surface area contributed by atoms with Gasteiger partial charge in [0.15, 0.2) is 0 Å². The van der Waals surface area contributed by atoms with E-state index in [1.54, 1.807) is 0 Å². The van der Waals surface area contributed by atoms with Gasteiger partial charge in [0.2, 0.25) is 0 Å². The molecule has 0 nitrogen and oxygen atoms in total. The van der Waals surface area contributed by atoms with Gasteiger partial charge in [0.25, 0.3) is 0 Å². The Balaban J connectivity index is 1.33. The molecule has 4 saturated heterocycles. The Hall–Kier alpha value is 3.50. The molecular formula is C21H36S10. The van der Waals surface area contributed by atoms with Crippen molar-refractivity contribution < 1.29 is 0 Å². The maximum Gasteiger partial charge on any atom is 0.0268 e. The maximum atomic E-state index is 2.42. The third-order valence-corrected chi connectivity index (χ3v) is 21.8. The average molecular weight is 609 g/mol. The second-order valence-corrected chi connectivity index (χ2v) is 21.0. The SMILES string of the molecule is CCSC(CSC1CSC1)C(CSC1CSC1)SC(CSC1CSC1)CSC1CSC1. The van der Waals surface area contributed by atoms with Gasteiger partial charge in [-0.3, -0.25) is 0 Å². The zero-order valence-corrected chi connectivity index (χ0v) is 26.5. The van der Waals surface area contributed by atoms with Crippen molar-refractivity contribution in [2.24, 2.45) is 0 Å². The van der Waals surface area contributed by atoms with Crippen molar-refractivity contribution in [2.75, 3.05) is 74.8 Å². The molecule has 4 aliphatic heterocycles. The van der Waals surface area contributed by atoms with Crippen LogP contribution in [0.5, 0.6) is 0 Å². The van der Waals surface area contributed by atoms with Gasteiger partial charge >= 0.3 is 0 Å². The first kappa shape index (κ1) is 27.5. The predicted octanol–water partition coefficient (Wildman–Crippen LogP) is 6.97. The second kappa shape index (κ2) is 15.7. The molecule has 0 bridgehead atoms. The van der Waals surface area contributed by atoms with Crippen molar-refractivity contribution in [1.82, 2.24) is 0 Å². The zero-order chi connectivity index (χ0) is 21.3. The highest BCUT2D eigenvalue weighted by Crippen LogP contribution is 2.41. The van der Waals surface area contributed by atoms with E-state index in [-0.39, 0.29) is 0 Å². The highest BCUT2D eigenvalue weighted by atomic mass is 32.2. The van der Waals surface area contributed by atoms with Gasteiger partial charge in [0.1, 0.15) is 0 Å². The molecule has 31 heavy (non-hydrogen) atoms. The molecule has 0 amide bonds. The fraction of sp³-hybridized carbons (Fsp3) is 1.00. The largest absolute Gasteiger partial charge is 0.160 e. The Morgan fingerprint density at radius 2 is 0.968 bits per heavy atom. The lowest BCUT2D eigenvalue weighted by Crippen LogP contribution is -2.34. The Bertz CT molecular complexity index is 475. The van der Waals surface area contributed by atoms with Crippen molar-refractivity contribution in [1.29, 1.82) is 0 Å². The molecule has 0 aliphatic carbocycles. The van der Waals surface area contributed by atoms with E-state index in [4.69, 9.17) is 0 Å². The van der Waals surface area contributed by atoms with Crippen LogP contribution < -0.4 is 0 Å². The summed E-state index contributed by atoms with van der Waals surface area (Å²) in [7, 11) is 0. The number of thioether (sulfide) groups is 10. The lowest BCUT2D eigenvalue weighted by atomic mass is 10.3. The predicted molar refractivity (Wildman–Crippen MR) is 171 cm³/mol. The summed E-state index contributed by atoms with van der Waals surface area (Å²) < 4.78 is 0. The van der Waals surface area contributed by atoms with E-state index in [9.17, 15) is 0 Å². The fourth-order valence-corrected chi connectivity index (χ4v) is 17.6. The average Bonchev–Trinajstić information content (AvgIpc) is 2.61. The molecule has 4 heterocycles. The van der Waals surface area contributed by atoms with Crippen LogP contribution in [0.1, 0.15) is 6.92 Å². The standard InChI is InChI=1S/C21H36S10/c1-2-26-20(13-29-17-7-24-8-17)21(14-30-18-9-25-10-18)31-19(11-27-15-3-22-4-15)12-28-16-5-23-6-16/h15-21H,2-14H2,1H3. The quantitative estimate of drug-likeness (QED) is 0.169. The molecule has 0 spiro atoms. The molecule has 2 atom stereocenters. The van der Waals surface area contributed by atoms with E-state index in [2.05, 4.69) is 125 Å². The van der Waals surface area contributed by atoms with E-state index in [0.29, 0.717) is 0 Å². The Kier molecular flexibility index (Phi) is 13.9. The van der Waals surface area contributed by atoms with Crippen LogP contribution in [-0.2, 0) is 0 Å². The highest BCUT2D eigenvalue weighted by Gasteiger charge is 2.31. The molecule has 4 fully saturated rings. The van der Waals surface area contributed by atoms with Crippen LogP contribution in [0.2, 0.25) is 0 Å². The first-order valence-corrected chi connectivity index (χ1v) is 22.1. The van der Waals surface area contributed by atoms with E-state index in [0.717, 1.165) is 36.7 Å². The number of hydrogen-bond donors (Lipinski definition) is 0. The van der Waals surface area contributed by atoms with Crippen LogP contribution in [0.3, 0.4) is 0 Å². The Morgan fingerprint density at radius 3 is 1.32 bits per heavy atom. The van der Waals surface area contributed by atoms with Gasteiger partial charge in [0, 0.05) is 106 Å². The zero-order valence-electron chi connectivity index (χ0n) is 18.3.